The summed E-state index contributed by atoms with van der Waals surface area (Å²) in [6.45, 7) is 16.3. The molecule has 0 aromatic carbocycles. The molecular formula is C32H45NO4. The second kappa shape index (κ2) is 7.82. The lowest BCUT2D eigenvalue weighted by Gasteiger charge is -2.69. The third-order valence-electron chi connectivity index (χ3n) is 12.7. The predicted molar refractivity (Wildman–Crippen MR) is 142 cm³/mol. The van der Waals surface area contributed by atoms with Gasteiger partial charge < -0.3 is 9.26 Å². The van der Waals surface area contributed by atoms with Crippen molar-refractivity contribution >= 4 is 11.8 Å². The van der Waals surface area contributed by atoms with E-state index < -0.39 is 0 Å². The molecule has 0 saturated heterocycles. The maximum atomic E-state index is 14.5. The lowest BCUT2D eigenvalue weighted by atomic mass is 9.34. The van der Waals surface area contributed by atoms with Crippen LogP contribution in [-0.2, 0) is 20.7 Å². The number of allylic oxidation sites excluding steroid dienone is 2. The predicted octanol–water partition coefficient (Wildman–Crippen LogP) is 7.06. The van der Waals surface area contributed by atoms with E-state index in [1.54, 1.807) is 0 Å². The Bertz CT molecular complexity index is 1180. The molecule has 3 fully saturated rings. The number of nitrogens with zero attached hydrogens (tertiary/aromatic N) is 1. The van der Waals surface area contributed by atoms with Crippen molar-refractivity contribution in [1.82, 2.24) is 5.16 Å². The smallest absolute Gasteiger partial charge is 0.302 e. The molecule has 0 aliphatic heterocycles. The number of esters is 1. The van der Waals surface area contributed by atoms with Gasteiger partial charge >= 0.3 is 5.97 Å². The first-order valence-electron chi connectivity index (χ1n) is 14.6. The molecule has 37 heavy (non-hydrogen) atoms. The molecule has 5 aliphatic carbocycles. The van der Waals surface area contributed by atoms with E-state index in [-0.39, 0.29) is 44.9 Å². The van der Waals surface area contributed by atoms with Crippen LogP contribution in [0.1, 0.15) is 111 Å². The van der Waals surface area contributed by atoms with Crippen LogP contribution in [0.15, 0.2) is 22.4 Å². The number of ether oxygens (including phenoxy) is 1. The number of fused-ring (bicyclic) bond motifs is 8. The van der Waals surface area contributed by atoms with Crippen molar-refractivity contribution in [3.63, 3.8) is 0 Å². The standard InChI is InChI=1S/C32H45NO4/c1-19-22-8-9-30(6)25(29(22,5)15-21-17-33-37-27(19)21)14-24(35)26-23-16-28(3,4)10-12-32(23,18-36-20(2)34)13-11-31(26,30)7/h14,17,19,22-23,26H,8-13,15-16,18H2,1-7H3/t19-,22-,23?,26?,29-,30+,31+,32+/m0/s1. The summed E-state index contributed by atoms with van der Waals surface area (Å²) in [6, 6.07) is 0. The zero-order valence-corrected chi connectivity index (χ0v) is 23.9. The molecule has 5 aliphatic rings. The first kappa shape index (κ1) is 25.4. The molecule has 8 atom stereocenters. The van der Waals surface area contributed by atoms with Gasteiger partial charge in [0.2, 0.25) is 0 Å². The molecule has 1 aromatic heterocycles. The minimum absolute atomic E-state index is 0.0162. The molecule has 2 unspecified atom stereocenters. The highest BCUT2D eigenvalue weighted by Crippen LogP contribution is 2.74. The number of aromatic nitrogens is 1. The molecular weight excluding hydrogens is 462 g/mol. The summed E-state index contributed by atoms with van der Waals surface area (Å²) in [4.78, 5) is 26.3. The summed E-state index contributed by atoms with van der Waals surface area (Å²) in [7, 11) is 0. The van der Waals surface area contributed by atoms with E-state index in [1.165, 1.54) is 18.1 Å². The van der Waals surface area contributed by atoms with E-state index in [2.05, 4.69) is 52.8 Å². The Hall–Kier alpha value is -1.91. The Morgan fingerprint density at radius 3 is 2.54 bits per heavy atom. The van der Waals surface area contributed by atoms with Crippen LogP contribution >= 0.6 is 0 Å². The summed E-state index contributed by atoms with van der Waals surface area (Å²) in [5.74, 6) is 2.17. The Kier molecular flexibility index (Phi) is 5.36. The summed E-state index contributed by atoms with van der Waals surface area (Å²) in [5.41, 5.74) is 2.53. The Balaban J connectivity index is 1.46. The lowest BCUT2D eigenvalue weighted by Crippen LogP contribution is -2.64. The Morgan fingerprint density at radius 2 is 1.81 bits per heavy atom. The highest BCUT2D eigenvalue weighted by atomic mass is 16.5. The molecule has 0 radical (unpaired) electrons. The van der Waals surface area contributed by atoms with E-state index in [0.29, 0.717) is 24.2 Å². The molecule has 0 amide bonds. The SMILES string of the molecule is CC(=O)OC[C@]12CCC(C)(C)CC1C1C(=O)C=C3[C@@]4(C)Cc5cnoc5[C@@H](C)[C@@H]4CC[C@@]3(C)[C@]1(C)CC2. The van der Waals surface area contributed by atoms with Gasteiger partial charge in [0.05, 0.1) is 12.8 Å². The molecule has 1 heterocycles. The second-order valence-electron chi connectivity index (χ2n) is 15.0. The maximum Gasteiger partial charge on any atom is 0.302 e. The zero-order chi connectivity index (χ0) is 26.6. The topological polar surface area (TPSA) is 69.4 Å². The van der Waals surface area contributed by atoms with Crippen molar-refractivity contribution in [3.05, 3.63) is 29.2 Å². The fourth-order valence-electron chi connectivity index (χ4n) is 10.5. The minimum Gasteiger partial charge on any atom is -0.465 e. The lowest BCUT2D eigenvalue weighted by molar-refractivity contribution is -0.184. The minimum atomic E-state index is -0.207. The van der Waals surface area contributed by atoms with Crippen LogP contribution in [0.5, 0.6) is 0 Å². The van der Waals surface area contributed by atoms with E-state index in [4.69, 9.17) is 9.26 Å². The number of rotatable bonds is 2. The van der Waals surface area contributed by atoms with Crippen molar-refractivity contribution in [2.24, 2.45) is 44.8 Å². The molecule has 5 nitrogen and oxygen atoms in total. The summed E-state index contributed by atoms with van der Waals surface area (Å²) in [6.07, 6.45) is 12.4. The van der Waals surface area contributed by atoms with Gasteiger partial charge in [-0.25, -0.2) is 0 Å². The number of hydrogen-bond acceptors (Lipinski definition) is 5. The molecule has 0 bridgehead atoms. The van der Waals surface area contributed by atoms with Crippen molar-refractivity contribution in [2.45, 2.75) is 106 Å². The van der Waals surface area contributed by atoms with Gasteiger partial charge in [-0.2, -0.15) is 0 Å². The summed E-state index contributed by atoms with van der Waals surface area (Å²) in [5, 5.41) is 4.16. The third kappa shape index (κ3) is 3.30. The quantitative estimate of drug-likeness (QED) is 0.401. The number of ketones is 1. The molecule has 202 valence electrons. The van der Waals surface area contributed by atoms with Crippen LogP contribution in [-0.4, -0.2) is 23.5 Å². The van der Waals surface area contributed by atoms with E-state index >= 15 is 0 Å². The van der Waals surface area contributed by atoms with Crippen LogP contribution in [0.2, 0.25) is 0 Å². The van der Waals surface area contributed by atoms with Gasteiger partial charge in [-0.3, -0.25) is 9.59 Å². The molecule has 0 spiro atoms. The van der Waals surface area contributed by atoms with Gasteiger partial charge in [-0.05, 0) is 90.9 Å². The highest BCUT2D eigenvalue weighted by molar-refractivity contribution is 5.95. The maximum absolute atomic E-state index is 14.5. The molecule has 1 aromatic rings. The van der Waals surface area contributed by atoms with Crippen LogP contribution < -0.4 is 0 Å². The van der Waals surface area contributed by atoms with Gasteiger partial charge in [0.25, 0.3) is 0 Å². The normalized spacial score (nSPS) is 45.9. The molecule has 0 N–H and O–H groups in total. The third-order valence-corrected chi connectivity index (χ3v) is 12.7. The Labute approximate surface area is 222 Å². The van der Waals surface area contributed by atoms with Crippen LogP contribution in [0.25, 0.3) is 0 Å². The largest absolute Gasteiger partial charge is 0.465 e. The van der Waals surface area contributed by atoms with E-state index in [0.717, 1.165) is 57.1 Å². The van der Waals surface area contributed by atoms with Gasteiger partial charge in [0, 0.05) is 29.7 Å². The van der Waals surface area contributed by atoms with Crippen molar-refractivity contribution in [3.8, 4) is 0 Å². The van der Waals surface area contributed by atoms with Crippen molar-refractivity contribution in [1.29, 1.82) is 0 Å². The number of hydrogen-bond donors (Lipinski definition) is 0. The van der Waals surface area contributed by atoms with Crippen LogP contribution in [0.3, 0.4) is 0 Å². The summed E-state index contributed by atoms with van der Waals surface area (Å²) >= 11 is 0. The van der Waals surface area contributed by atoms with Gasteiger partial charge in [0.15, 0.2) is 5.78 Å². The van der Waals surface area contributed by atoms with Crippen LogP contribution in [0, 0.1) is 44.8 Å². The Morgan fingerprint density at radius 1 is 1.08 bits per heavy atom. The number of carbonyl (C=O) groups excluding carboxylic acids is 2. The van der Waals surface area contributed by atoms with Crippen molar-refractivity contribution < 1.29 is 18.8 Å². The number of carbonyl (C=O) groups is 2. The van der Waals surface area contributed by atoms with Gasteiger partial charge in [-0.1, -0.05) is 52.3 Å². The second-order valence-corrected chi connectivity index (χ2v) is 15.0. The molecule has 6 rings (SSSR count). The fraction of sp³-hybridized carbons (Fsp3) is 0.781. The fourth-order valence-corrected chi connectivity index (χ4v) is 10.5. The highest BCUT2D eigenvalue weighted by Gasteiger charge is 2.69. The monoisotopic (exact) mass is 507 g/mol. The average molecular weight is 508 g/mol. The first-order chi connectivity index (χ1) is 17.3. The summed E-state index contributed by atoms with van der Waals surface area (Å²) < 4.78 is 11.4. The van der Waals surface area contributed by atoms with Crippen LogP contribution in [0.4, 0.5) is 0 Å². The van der Waals surface area contributed by atoms with Gasteiger partial charge in [0.1, 0.15) is 5.76 Å². The van der Waals surface area contributed by atoms with E-state index in [9.17, 15) is 9.59 Å². The van der Waals surface area contributed by atoms with E-state index in [1.807, 2.05) is 6.20 Å². The van der Waals surface area contributed by atoms with Gasteiger partial charge in [-0.15, -0.1) is 0 Å². The first-order valence-corrected chi connectivity index (χ1v) is 14.6. The van der Waals surface area contributed by atoms with Crippen molar-refractivity contribution in [2.75, 3.05) is 6.61 Å². The average Bonchev–Trinajstić information content (AvgIpc) is 3.28. The molecule has 5 heteroatoms. The zero-order valence-electron chi connectivity index (χ0n) is 23.9. The molecule has 3 saturated carbocycles.